The molecule has 1 aliphatic rings. The van der Waals surface area contributed by atoms with Crippen molar-refractivity contribution in [1.82, 2.24) is 4.98 Å². The number of benzene rings is 2. The van der Waals surface area contributed by atoms with Crippen LogP contribution in [-0.4, -0.2) is 31.7 Å². The smallest absolute Gasteiger partial charge is 0.348 e. The van der Waals surface area contributed by atoms with E-state index >= 15 is 0 Å². The Morgan fingerprint density at radius 2 is 1.81 bits per heavy atom. The van der Waals surface area contributed by atoms with Crippen molar-refractivity contribution in [3.8, 4) is 11.3 Å². The van der Waals surface area contributed by atoms with Crippen LogP contribution < -0.4 is 4.90 Å². The summed E-state index contributed by atoms with van der Waals surface area (Å²) in [5, 5.41) is 1.73. The molecule has 32 heavy (non-hydrogen) atoms. The molecule has 4 nitrogen and oxygen atoms in total. The second-order valence-electron chi connectivity index (χ2n) is 7.40. The number of rotatable bonds is 4. The molecule has 0 atom stereocenters. The Morgan fingerprint density at radius 3 is 2.47 bits per heavy atom. The molecule has 0 radical (unpaired) electrons. The summed E-state index contributed by atoms with van der Waals surface area (Å²) >= 11 is 7.21. The monoisotopic (exact) mass is 504 g/mol. The van der Waals surface area contributed by atoms with E-state index in [4.69, 9.17) is 11.6 Å². The van der Waals surface area contributed by atoms with Crippen LogP contribution in [0.3, 0.4) is 0 Å². The first kappa shape index (κ1) is 23.0. The molecule has 0 amide bonds. The highest BCUT2D eigenvalue weighted by Crippen LogP contribution is 2.35. The molecule has 0 bridgehead atoms. The van der Waals surface area contributed by atoms with Crippen molar-refractivity contribution in [1.29, 1.82) is 0 Å². The van der Waals surface area contributed by atoms with Crippen molar-refractivity contribution in [3.63, 3.8) is 0 Å². The van der Waals surface area contributed by atoms with Crippen molar-refractivity contribution in [2.45, 2.75) is 29.2 Å². The normalized spacial score (nSPS) is 15.8. The molecular formula is C21H17ClF4N2O2S2. The van der Waals surface area contributed by atoms with E-state index in [0.717, 1.165) is 12.1 Å². The summed E-state index contributed by atoms with van der Waals surface area (Å²) in [6, 6.07) is 8.21. The number of aromatic nitrogens is 1. The van der Waals surface area contributed by atoms with Gasteiger partial charge in [0.25, 0.3) is 0 Å². The van der Waals surface area contributed by atoms with E-state index < -0.39 is 32.6 Å². The quantitative estimate of drug-likeness (QED) is 0.405. The molecule has 1 aromatic heterocycles. The fourth-order valence-electron chi connectivity index (χ4n) is 3.60. The summed E-state index contributed by atoms with van der Waals surface area (Å²) in [7, 11) is -3.89. The Labute approximate surface area is 191 Å². The molecule has 0 saturated carbocycles. The van der Waals surface area contributed by atoms with Gasteiger partial charge < -0.3 is 4.90 Å². The first-order valence-corrected chi connectivity index (χ1v) is 12.4. The number of halogens is 5. The minimum Gasteiger partial charge on any atom is -0.348 e. The lowest BCUT2D eigenvalue weighted by Gasteiger charge is -2.31. The summed E-state index contributed by atoms with van der Waals surface area (Å²) in [4.78, 5) is 6.18. The SMILES string of the molecule is O=S(=O)(c1cccc(C(F)(F)F)c1)C1CCN(c2nc(-c3ccc(F)c(Cl)c3)cs2)CC1. The Bertz CT molecular complexity index is 1240. The van der Waals surface area contributed by atoms with Crippen LogP contribution in [0.2, 0.25) is 5.02 Å². The molecule has 4 rings (SSSR count). The summed E-state index contributed by atoms with van der Waals surface area (Å²) in [5.74, 6) is -0.519. The second-order valence-corrected chi connectivity index (χ2v) is 10.9. The second kappa shape index (κ2) is 8.64. The van der Waals surface area contributed by atoms with Crippen molar-refractivity contribution in [3.05, 3.63) is 64.2 Å². The average molecular weight is 505 g/mol. The van der Waals surface area contributed by atoms with Crippen LogP contribution in [0.4, 0.5) is 22.7 Å². The molecule has 0 spiro atoms. The lowest BCUT2D eigenvalue weighted by Crippen LogP contribution is -2.39. The number of piperidine rings is 1. The van der Waals surface area contributed by atoms with E-state index in [1.807, 2.05) is 10.3 Å². The third-order valence-corrected chi connectivity index (χ3v) is 8.80. The van der Waals surface area contributed by atoms with Crippen LogP contribution in [-0.2, 0) is 16.0 Å². The van der Waals surface area contributed by atoms with Crippen molar-refractivity contribution in [2.24, 2.45) is 0 Å². The standard InChI is InChI=1S/C21H17ClF4N2O2S2/c22-17-10-13(4-5-18(17)23)19-12-31-20(27-19)28-8-6-15(7-9-28)32(29,30)16-3-1-2-14(11-16)21(24,25)26/h1-5,10-12,15H,6-9H2. The third-order valence-electron chi connectivity index (χ3n) is 5.35. The molecule has 0 aliphatic carbocycles. The van der Waals surface area contributed by atoms with Crippen molar-refractivity contribution < 1.29 is 26.0 Å². The first-order valence-electron chi connectivity index (χ1n) is 9.63. The fourth-order valence-corrected chi connectivity index (χ4v) is 6.44. The lowest BCUT2D eigenvalue weighted by molar-refractivity contribution is -0.137. The molecule has 1 aliphatic heterocycles. The predicted octanol–water partition coefficient (Wildman–Crippen LogP) is 6.06. The van der Waals surface area contributed by atoms with E-state index in [0.29, 0.717) is 35.5 Å². The van der Waals surface area contributed by atoms with E-state index in [2.05, 4.69) is 4.98 Å². The maximum absolute atomic E-state index is 13.4. The van der Waals surface area contributed by atoms with Crippen LogP contribution in [0.5, 0.6) is 0 Å². The zero-order valence-electron chi connectivity index (χ0n) is 16.4. The molecular weight excluding hydrogens is 488 g/mol. The molecule has 170 valence electrons. The molecule has 2 aromatic carbocycles. The summed E-state index contributed by atoms with van der Waals surface area (Å²) in [6.45, 7) is 0.806. The topological polar surface area (TPSA) is 50.3 Å². The van der Waals surface area contributed by atoms with Gasteiger partial charge in [-0.3, -0.25) is 0 Å². The van der Waals surface area contributed by atoms with Gasteiger partial charge in [-0.05, 0) is 49.2 Å². The van der Waals surface area contributed by atoms with Gasteiger partial charge in [-0.15, -0.1) is 11.3 Å². The molecule has 0 N–H and O–H groups in total. The van der Waals surface area contributed by atoms with Gasteiger partial charge in [-0.1, -0.05) is 17.7 Å². The fraction of sp³-hybridized carbons (Fsp3) is 0.286. The van der Waals surface area contributed by atoms with E-state index in [9.17, 15) is 26.0 Å². The van der Waals surface area contributed by atoms with Gasteiger partial charge >= 0.3 is 6.18 Å². The highest BCUT2D eigenvalue weighted by Gasteiger charge is 2.35. The maximum Gasteiger partial charge on any atom is 0.416 e. The first-order chi connectivity index (χ1) is 15.1. The Kier molecular flexibility index (Phi) is 6.21. The Morgan fingerprint density at radius 1 is 1.09 bits per heavy atom. The van der Waals surface area contributed by atoms with Gasteiger partial charge in [0.05, 0.1) is 26.4 Å². The lowest BCUT2D eigenvalue weighted by atomic mass is 10.1. The summed E-state index contributed by atoms with van der Waals surface area (Å²) < 4.78 is 78.1. The highest BCUT2D eigenvalue weighted by atomic mass is 35.5. The van der Waals surface area contributed by atoms with Gasteiger partial charge in [-0.2, -0.15) is 13.2 Å². The molecule has 2 heterocycles. The van der Waals surface area contributed by atoms with Crippen LogP contribution in [0.1, 0.15) is 18.4 Å². The zero-order valence-corrected chi connectivity index (χ0v) is 18.8. The highest BCUT2D eigenvalue weighted by molar-refractivity contribution is 7.92. The summed E-state index contributed by atoms with van der Waals surface area (Å²) in [6.07, 6.45) is -4.06. The van der Waals surface area contributed by atoms with Crippen LogP contribution >= 0.6 is 22.9 Å². The zero-order chi connectivity index (χ0) is 23.1. The van der Waals surface area contributed by atoms with Gasteiger partial charge in [0.15, 0.2) is 15.0 Å². The number of sulfone groups is 1. The van der Waals surface area contributed by atoms with E-state index in [1.165, 1.54) is 29.5 Å². The number of alkyl halides is 3. The number of anilines is 1. The van der Waals surface area contributed by atoms with Crippen LogP contribution in [0.15, 0.2) is 52.7 Å². The van der Waals surface area contributed by atoms with Crippen LogP contribution in [0.25, 0.3) is 11.3 Å². The largest absolute Gasteiger partial charge is 0.416 e. The average Bonchev–Trinajstić information content (AvgIpc) is 3.25. The predicted molar refractivity (Wildman–Crippen MR) is 116 cm³/mol. The van der Waals surface area contributed by atoms with Crippen molar-refractivity contribution in [2.75, 3.05) is 18.0 Å². The Balaban J connectivity index is 1.46. The molecule has 3 aromatic rings. The number of thiazole rings is 1. The molecule has 11 heteroatoms. The molecule has 1 fully saturated rings. The number of nitrogens with zero attached hydrogens (tertiary/aromatic N) is 2. The number of hydrogen-bond donors (Lipinski definition) is 0. The van der Waals surface area contributed by atoms with Gasteiger partial charge in [0.1, 0.15) is 5.82 Å². The maximum atomic E-state index is 13.4. The van der Waals surface area contributed by atoms with Crippen molar-refractivity contribution >= 4 is 37.9 Å². The van der Waals surface area contributed by atoms with Crippen LogP contribution in [0, 0.1) is 5.82 Å². The number of hydrogen-bond acceptors (Lipinski definition) is 5. The summed E-state index contributed by atoms with van der Waals surface area (Å²) in [5.41, 5.74) is 0.318. The molecule has 1 saturated heterocycles. The Hall–Kier alpha value is -2.17. The van der Waals surface area contributed by atoms with E-state index in [-0.39, 0.29) is 22.8 Å². The third kappa shape index (κ3) is 4.62. The van der Waals surface area contributed by atoms with Gasteiger partial charge in [-0.25, -0.2) is 17.8 Å². The van der Waals surface area contributed by atoms with Gasteiger partial charge in [0.2, 0.25) is 0 Å². The van der Waals surface area contributed by atoms with E-state index in [1.54, 1.807) is 6.07 Å². The van der Waals surface area contributed by atoms with Gasteiger partial charge in [0, 0.05) is 24.0 Å². The molecule has 0 unspecified atom stereocenters. The minimum atomic E-state index is -4.60. The minimum absolute atomic E-state index is 0.00216.